The predicted molar refractivity (Wildman–Crippen MR) is 134 cm³/mol. The fourth-order valence-electron chi connectivity index (χ4n) is 4.02. The van der Waals surface area contributed by atoms with Crippen LogP contribution in [0.5, 0.6) is 0 Å². The molecule has 2 heterocycles. The Morgan fingerprint density at radius 2 is 1.68 bits per heavy atom. The summed E-state index contributed by atoms with van der Waals surface area (Å²) in [4.78, 5) is 13.0. The lowest BCUT2D eigenvalue weighted by Gasteiger charge is -2.11. The summed E-state index contributed by atoms with van der Waals surface area (Å²) in [5.74, 6) is 1.22. The van der Waals surface area contributed by atoms with Crippen LogP contribution in [0, 0.1) is 11.3 Å². The van der Waals surface area contributed by atoms with E-state index < -0.39 is 0 Å². The highest BCUT2D eigenvalue weighted by Gasteiger charge is 2.13. The molecule has 2 aromatic heterocycles. The van der Waals surface area contributed by atoms with E-state index in [1.807, 2.05) is 42.5 Å². The van der Waals surface area contributed by atoms with Crippen LogP contribution in [-0.2, 0) is 19.4 Å². The van der Waals surface area contributed by atoms with Crippen LogP contribution in [0.2, 0.25) is 5.02 Å². The zero-order chi connectivity index (χ0) is 23.5. The Bertz CT molecular complexity index is 1500. The summed E-state index contributed by atoms with van der Waals surface area (Å²) >= 11 is 6.45. The molecule has 0 saturated carbocycles. The number of imidazole rings is 1. The lowest BCUT2D eigenvalue weighted by atomic mass is 10.0. The van der Waals surface area contributed by atoms with E-state index in [-0.39, 0.29) is 5.95 Å². The second-order valence-corrected chi connectivity index (χ2v) is 8.45. The molecule has 0 radical (unpaired) electrons. The molecule has 0 spiro atoms. The van der Waals surface area contributed by atoms with E-state index in [9.17, 15) is 5.26 Å². The number of halogens is 1. The van der Waals surface area contributed by atoms with Crippen molar-refractivity contribution in [1.82, 2.24) is 19.5 Å². The topological polar surface area (TPSA) is 93.4 Å². The Morgan fingerprint density at radius 3 is 2.41 bits per heavy atom. The number of benzene rings is 3. The van der Waals surface area contributed by atoms with Crippen LogP contribution in [0.25, 0.3) is 22.2 Å². The Kier molecular flexibility index (Phi) is 5.94. The van der Waals surface area contributed by atoms with Crippen molar-refractivity contribution < 1.29 is 0 Å². The number of nitrogens with zero attached hydrogens (tertiary/aromatic N) is 5. The first kappa shape index (κ1) is 21.6. The summed E-state index contributed by atoms with van der Waals surface area (Å²) in [5, 5.41) is 10.0. The SMILES string of the molecule is N#Cc1ccc2c(c1)nc(CCc1ccc(-c3cnc(N)nc3)cc1)n2Cc1ccccc1Cl. The fraction of sp³-hybridized carbons (Fsp3) is 0.111. The number of anilines is 1. The molecule has 0 bridgehead atoms. The molecule has 34 heavy (non-hydrogen) atoms. The highest BCUT2D eigenvalue weighted by molar-refractivity contribution is 6.31. The predicted octanol–water partition coefficient (Wildman–Crippen LogP) is 5.43. The van der Waals surface area contributed by atoms with Gasteiger partial charge in [0.05, 0.1) is 29.2 Å². The molecule has 5 aromatic rings. The smallest absolute Gasteiger partial charge is 0.219 e. The van der Waals surface area contributed by atoms with E-state index >= 15 is 0 Å². The normalized spacial score (nSPS) is 10.9. The molecule has 0 unspecified atom stereocenters. The van der Waals surface area contributed by atoms with Crippen molar-refractivity contribution in [3.63, 3.8) is 0 Å². The zero-order valence-corrected chi connectivity index (χ0v) is 19.1. The minimum absolute atomic E-state index is 0.266. The van der Waals surface area contributed by atoms with Crippen LogP contribution >= 0.6 is 11.6 Å². The van der Waals surface area contributed by atoms with E-state index in [1.54, 1.807) is 12.4 Å². The van der Waals surface area contributed by atoms with E-state index in [0.29, 0.717) is 12.1 Å². The molecule has 3 aromatic carbocycles. The molecular formula is C27H21ClN6. The van der Waals surface area contributed by atoms with Crippen molar-refractivity contribution in [3.8, 4) is 17.2 Å². The highest BCUT2D eigenvalue weighted by atomic mass is 35.5. The first-order valence-electron chi connectivity index (χ1n) is 10.9. The minimum Gasteiger partial charge on any atom is -0.368 e. The van der Waals surface area contributed by atoms with Gasteiger partial charge in [0, 0.05) is 29.4 Å². The average molecular weight is 465 g/mol. The van der Waals surface area contributed by atoms with Gasteiger partial charge in [-0.15, -0.1) is 0 Å². The third-order valence-corrected chi connectivity index (χ3v) is 6.21. The second kappa shape index (κ2) is 9.34. The minimum atomic E-state index is 0.266. The van der Waals surface area contributed by atoms with Gasteiger partial charge in [-0.25, -0.2) is 15.0 Å². The second-order valence-electron chi connectivity index (χ2n) is 8.05. The van der Waals surface area contributed by atoms with Crippen molar-refractivity contribution in [1.29, 1.82) is 5.26 Å². The molecule has 2 N–H and O–H groups in total. The number of aromatic nitrogens is 4. The summed E-state index contributed by atoms with van der Waals surface area (Å²) in [5.41, 5.74) is 12.2. The van der Waals surface area contributed by atoms with E-state index in [4.69, 9.17) is 22.3 Å². The molecule has 0 fully saturated rings. The van der Waals surface area contributed by atoms with Crippen molar-refractivity contribution >= 4 is 28.6 Å². The van der Waals surface area contributed by atoms with Gasteiger partial charge in [-0.3, -0.25) is 0 Å². The Labute approximate surface area is 202 Å². The number of nitrogen functional groups attached to an aromatic ring is 1. The van der Waals surface area contributed by atoms with Gasteiger partial charge in [-0.05, 0) is 47.4 Å². The van der Waals surface area contributed by atoms with Crippen molar-refractivity contribution in [2.45, 2.75) is 19.4 Å². The molecule has 0 saturated heterocycles. The van der Waals surface area contributed by atoms with Crippen molar-refractivity contribution in [2.24, 2.45) is 0 Å². The summed E-state index contributed by atoms with van der Waals surface area (Å²) in [6.45, 7) is 0.619. The third-order valence-electron chi connectivity index (χ3n) is 5.84. The van der Waals surface area contributed by atoms with Gasteiger partial charge < -0.3 is 10.3 Å². The molecule has 0 atom stereocenters. The number of aryl methyl sites for hydroxylation is 2. The molecule has 0 aliphatic rings. The summed E-state index contributed by atoms with van der Waals surface area (Å²) in [6, 6.07) is 24.0. The molecule has 7 heteroatoms. The fourth-order valence-corrected chi connectivity index (χ4v) is 4.22. The number of hydrogen-bond donors (Lipinski definition) is 1. The number of nitriles is 1. The molecule has 6 nitrogen and oxygen atoms in total. The molecule has 0 aliphatic carbocycles. The van der Waals surface area contributed by atoms with Crippen LogP contribution in [0.4, 0.5) is 5.95 Å². The van der Waals surface area contributed by atoms with Crippen LogP contribution in [0.1, 0.15) is 22.5 Å². The number of fused-ring (bicyclic) bond motifs is 1. The van der Waals surface area contributed by atoms with Gasteiger partial charge in [-0.1, -0.05) is 54.1 Å². The average Bonchev–Trinajstić information content (AvgIpc) is 3.21. The summed E-state index contributed by atoms with van der Waals surface area (Å²) < 4.78 is 2.19. The molecule has 5 rings (SSSR count). The van der Waals surface area contributed by atoms with Crippen molar-refractivity contribution in [3.05, 3.63) is 107 Å². The first-order chi connectivity index (χ1) is 16.6. The Balaban J connectivity index is 1.42. The molecular weight excluding hydrogens is 444 g/mol. The zero-order valence-electron chi connectivity index (χ0n) is 18.3. The quantitative estimate of drug-likeness (QED) is 0.361. The third kappa shape index (κ3) is 4.47. The summed E-state index contributed by atoms with van der Waals surface area (Å²) in [6.07, 6.45) is 5.04. The lowest BCUT2D eigenvalue weighted by Crippen LogP contribution is -2.07. The maximum absolute atomic E-state index is 9.30. The van der Waals surface area contributed by atoms with Crippen LogP contribution < -0.4 is 5.73 Å². The van der Waals surface area contributed by atoms with Gasteiger partial charge in [0.1, 0.15) is 5.82 Å². The maximum atomic E-state index is 9.30. The molecule has 166 valence electrons. The van der Waals surface area contributed by atoms with Crippen molar-refractivity contribution in [2.75, 3.05) is 5.73 Å². The molecule has 0 aliphatic heterocycles. The first-order valence-corrected chi connectivity index (χ1v) is 11.3. The van der Waals surface area contributed by atoms with Gasteiger partial charge >= 0.3 is 0 Å². The lowest BCUT2D eigenvalue weighted by molar-refractivity contribution is 0.730. The van der Waals surface area contributed by atoms with Crippen LogP contribution in [-0.4, -0.2) is 19.5 Å². The Hall–Kier alpha value is -4.21. The van der Waals surface area contributed by atoms with Gasteiger partial charge in [0.15, 0.2) is 0 Å². The maximum Gasteiger partial charge on any atom is 0.219 e. The van der Waals surface area contributed by atoms with Gasteiger partial charge in [0.2, 0.25) is 5.95 Å². The summed E-state index contributed by atoms with van der Waals surface area (Å²) in [7, 11) is 0. The standard InChI is InChI=1S/C27H21ClN6/c28-23-4-2-1-3-21(23)17-34-25-11-7-19(14-29)13-24(25)33-26(34)12-8-18-5-9-20(10-6-18)22-15-31-27(30)32-16-22/h1-7,9-11,13,15-16H,8,12,17H2,(H2,30,31,32). The molecule has 0 amide bonds. The largest absolute Gasteiger partial charge is 0.368 e. The van der Waals surface area contributed by atoms with E-state index in [2.05, 4.69) is 44.9 Å². The number of hydrogen-bond acceptors (Lipinski definition) is 5. The monoisotopic (exact) mass is 464 g/mol. The van der Waals surface area contributed by atoms with Gasteiger partial charge in [-0.2, -0.15) is 5.26 Å². The van der Waals surface area contributed by atoms with E-state index in [1.165, 1.54) is 5.56 Å². The highest BCUT2D eigenvalue weighted by Crippen LogP contribution is 2.24. The number of nitrogens with two attached hydrogens (primary N) is 1. The Morgan fingerprint density at radius 1 is 0.912 bits per heavy atom. The van der Waals surface area contributed by atoms with Crippen LogP contribution in [0.15, 0.2) is 79.1 Å². The van der Waals surface area contributed by atoms with Gasteiger partial charge in [0.25, 0.3) is 0 Å². The van der Waals surface area contributed by atoms with Crippen LogP contribution in [0.3, 0.4) is 0 Å². The van der Waals surface area contributed by atoms with E-state index in [0.717, 1.165) is 51.4 Å². The number of rotatable bonds is 6.